The molecule has 1 aliphatic heterocycles. The molecule has 0 bridgehead atoms. The van der Waals surface area contributed by atoms with Crippen LogP contribution in [0.15, 0.2) is 18.5 Å². The van der Waals surface area contributed by atoms with Gasteiger partial charge in [0.15, 0.2) is 5.78 Å². The molecule has 20 heavy (non-hydrogen) atoms. The van der Waals surface area contributed by atoms with Crippen molar-refractivity contribution < 1.29 is 4.79 Å². The Morgan fingerprint density at radius 1 is 1.45 bits per heavy atom. The molecule has 0 aliphatic carbocycles. The summed E-state index contributed by atoms with van der Waals surface area (Å²) >= 11 is 0. The average molecular weight is 274 g/mol. The third-order valence-corrected chi connectivity index (χ3v) is 3.59. The highest BCUT2D eigenvalue weighted by Crippen LogP contribution is 2.17. The van der Waals surface area contributed by atoms with Crippen LogP contribution in [0.1, 0.15) is 35.1 Å². The van der Waals surface area contributed by atoms with E-state index in [2.05, 4.69) is 20.7 Å². The third-order valence-electron chi connectivity index (χ3n) is 3.59. The van der Waals surface area contributed by atoms with E-state index in [1.165, 1.54) is 0 Å². The summed E-state index contributed by atoms with van der Waals surface area (Å²) in [5, 5.41) is 15.6. The second-order valence-electron chi connectivity index (χ2n) is 5.15. The Hall–Kier alpha value is -2.02. The molecule has 0 atom stereocenters. The Balaban J connectivity index is 1.67. The van der Waals surface area contributed by atoms with Crippen LogP contribution in [0.5, 0.6) is 0 Å². The third kappa shape index (κ3) is 2.77. The molecule has 1 saturated heterocycles. The minimum Gasteiger partial charge on any atom is -0.317 e. The van der Waals surface area contributed by atoms with Crippen molar-refractivity contribution in [2.75, 3.05) is 13.1 Å². The van der Waals surface area contributed by atoms with Gasteiger partial charge in [0.2, 0.25) is 0 Å². The van der Waals surface area contributed by atoms with Crippen LogP contribution in [0, 0.1) is 0 Å². The van der Waals surface area contributed by atoms with Crippen LogP contribution in [0.25, 0.3) is 0 Å². The maximum Gasteiger partial charge on any atom is 0.190 e. The van der Waals surface area contributed by atoms with Gasteiger partial charge in [-0.25, -0.2) is 4.68 Å². The zero-order valence-electron chi connectivity index (χ0n) is 11.5. The largest absolute Gasteiger partial charge is 0.317 e. The predicted octanol–water partition coefficient (Wildman–Crippen LogP) is 0.361. The first-order valence-electron chi connectivity index (χ1n) is 6.86. The first kappa shape index (κ1) is 13.0. The molecule has 0 amide bonds. The number of aromatic nitrogens is 5. The summed E-state index contributed by atoms with van der Waals surface area (Å²) in [5.74, 6) is -0.0381. The molecule has 2 aromatic rings. The lowest BCUT2D eigenvalue weighted by Gasteiger charge is -2.22. The standard InChI is InChI=1S/C13H18N6O/c1-18-7-4-10(16-18)8-13(20)12-9-19(17-15-12)11-2-5-14-6-3-11/h4,7,9,11,14H,2-3,5-6,8H2,1H3. The molecule has 0 aromatic carbocycles. The molecule has 0 unspecified atom stereocenters. The van der Waals surface area contributed by atoms with Gasteiger partial charge >= 0.3 is 0 Å². The van der Waals surface area contributed by atoms with E-state index < -0.39 is 0 Å². The van der Waals surface area contributed by atoms with Crippen molar-refractivity contribution >= 4 is 5.78 Å². The molecule has 1 N–H and O–H groups in total. The van der Waals surface area contributed by atoms with Gasteiger partial charge in [-0.2, -0.15) is 5.10 Å². The van der Waals surface area contributed by atoms with Gasteiger partial charge in [-0.1, -0.05) is 5.21 Å². The minimum absolute atomic E-state index is 0.0381. The zero-order chi connectivity index (χ0) is 13.9. The van der Waals surface area contributed by atoms with Crippen LogP contribution in [0.2, 0.25) is 0 Å². The Bertz CT molecular complexity index is 596. The molecule has 3 rings (SSSR count). The van der Waals surface area contributed by atoms with Gasteiger partial charge in [0.25, 0.3) is 0 Å². The van der Waals surface area contributed by atoms with Gasteiger partial charge in [0.05, 0.1) is 24.4 Å². The van der Waals surface area contributed by atoms with E-state index in [9.17, 15) is 4.79 Å². The lowest BCUT2D eigenvalue weighted by molar-refractivity contribution is 0.0987. The van der Waals surface area contributed by atoms with Gasteiger partial charge in [0.1, 0.15) is 5.69 Å². The van der Waals surface area contributed by atoms with Gasteiger partial charge in [-0.05, 0) is 32.0 Å². The van der Waals surface area contributed by atoms with Crippen molar-refractivity contribution in [2.45, 2.75) is 25.3 Å². The number of nitrogens with zero attached hydrogens (tertiary/aromatic N) is 5. The number of hydrogen-bond acceptors (Lipinski definition) is 5. The van der Waals surface area contributed by atoms with E-state index in [0.29, 0.717) is 11.7 Å². The molecular weight excluding hydrogens is 256 g/mol. The zero-order valence-corrected chi connectivity index (χ0v) is 11.5. The van der Waals surface area contributed by atoms with Gasteiger partial charge in [0, 0.05) is 13.2 Å². The molecular formula is C13H18N6O. The molecule has 1 aliphatic rings. The number of ketones is 1. The van der Waals surface area contributed by atoms with E-state index in [-0.39, 0.29) is 12.2 Å². The predicted molar refractivity (Wildman–Crippen MR) is 72.4 cm³/mol. The Morgan fingerprint density at radius 3 is 2.95 bits per heavy atom. The van der Waals surface area contributed by atoms with E-state index in [4.69, 9.17) is 0 Å². The van der Waals surface area contributed by atoms with Crippen molar-refractivity contribution in [3.63, 3.8) is 0 Å². The maximum absolute atomic E-state index is 12.1. The van der Waals surface area contributed by atoms with Gasteiger partial charge in [-0.3, -0.25) is 9.48 Å². The fourth-order valence-corrected chi connectivity index (χ4v) is 2.47. The van der Waals surface area contributed by atoms with Crippen molar-refractivity contribution in [3.05, 3.63) is 29.8 Å². The van der Waals surface area contributed by atoms with Crippen LogP contribution < -0.4 is 5.32 Å². The number of rotatable bonds is 4. The highest BCUT2D eigenvalue weighted by molar-refractivity contribution is 5.95. The number of aryl methyl sites for hydroxylation is 1. The lowest BCUT2D eigenvalue weighted by atomic mass is 10.1. The molecule has 0 radical (unpaired) electrons. The maximum atomic E-state index is 12.1. The van der Waals surface area contributed by atoms with Gasteiger partial charge < -0.3 is 5.32 Å². The topological polar surface area (TPSA) is 77.6 Å². The van der Waals surface area contributed by atoms with E-state index >= 15 is 0 Å². The molecule has 3 heterocycles. The van der Waals surface area contributed by atoms with Crippen LogP contribution in [-0.2, 0) is 13.5 Å². The fourth-order valence-electron chi connectivity index (χ4n) is 2.47. The van der Waals surface area contributed by atoms with E-state index in [1.807, 2.05) is 24.0 Å². The van der Waals surface area contributed by atoms with Crippen LogP contribution in [-0.4, -0.2) is 43.6 Å². The Labute approximate surface area is 117 Å². The summed E-state index contributed by atoms with van der Waals surface area (Å²) in [7, 11) is 1.83. The van der Waals surface area contributed by atoms with E-state index in [0.717, 1.165) is 31.6 Å². The highest BCUT2D eigenvalue weighted by Gasteiger charge is 2.19. The van der Waals surface area contributed by atoms with Crippen molar-refractivity contribution in [3.8, 4) is 0 Å². The van der Waals surface area contributed by atoms with Crippen LogP contribution in [0.4, 0.5) is 0 Å². The Kier molecular flexibility index (Phi) is 3.60. The van der Waals surface area contributed by atoms with E-state index in [1.54, 1.807) is 10.9 Å². The molecule has 1 fully saturated rings. The fraction of sp³-hybridized carbons (Fsp3) is 0.538. The monoisotopic (exact) mass is 274 g/mol. The summed E-state index contributed by atoms with van der Waals surface area (Å²) in [6.07, 6.45) is 5.91. The summed E-state index contributed by atoms with van der Waals surface area (Å²) < 4.78 is 3.51. The van der Waals surface area contributed by atoms with Gasteiger partial charge in [-0.15, -0.1) is 5.10 Å². The van der Waals surface area contributed by atoms with Crippen LogP contribution in [0.3, 0.4) is 0 Å². The number of nitrogens with one attached hydrogen (secondary N) is 1. The Morgan fingerprint density at radius 2 is 2.25 bits per heavy atom. The highest BCUT2D eigenvalue weighted by atomic mass is 16.1. The normalized spacial score (nSPS) is 16.4. The quantitative estimate of drug-likeness (QED) is 0.815. The number of Topliss-reactive ketones (excluding diaryl/α,β-unsaturated/α-hetero) is 1. The molecule has 2 aromatic heterocycles. The van der Waals surface area contributed by atoms with Crippen molar-refractivity contribution in [1.82, 2.24) is 30.1 Å². The van der Waals surface area contributed by atoms with Crippen molar-refractivity contribution in [2.24, 2.45) is 7.05 Å². The summed E-state index contributed by atoms with van der Waals surface area (Å²) in [5.41, 5.74) is 1.18. The minimum atomic E-state index is -0.0381. The number of hydrogen-bond donors (Lipinski definition) is 1. The number of carbonyl (C=O) groups excluding carboxylic acids is 1. The lowest BCUT2D eigenvalue weighted by Crippen LogP contribution is -2.29. The molecule has 7 heteroatoms. The summed E-state index contributed by atoms with van der Waals surface area (Å²) in [4.78, 5) is 12.1. The van der Waals surface area contributed by atoms with Crippen LogP contribution >= 0.6 is 0 Å². The molecule has 0 saturated carbocycles. The number of carbonyl (C=O) groups is 1. The number of piperidine rings is 1. The SMILES string of the molecule is Cn1ccc(CC(=O)c2cn(C3CCNCC3)nn2)n1. The summed E-state index contributed by atoms with van der Waals surface area (Å²) in [6.45, 7) is 1.98. The molecule has 0 spiro atoms. The average Bonchev–Trinajstić information content (AvgIpc) is 3.09. The molecule has 106 valence electrons. The first-order valence-corrected chi connectivity index (χ1v) is 6.86. The smallest absolute Gasteiger partial charge is 0.190 e. The summed E-state index contributed by atoms with van der Waals surface area (Å²) in [6, 6.07) is 2.19. The van der Waals surface area contributed by atoms with Crippen molar-refractivity contribution in [1.29, 1.82) is 0 Å². The second kappa shape index (κ2) is 5.54. The second-order valence-corrected chi connectivity index (χ2v) is 5.15. The first-order chi connectivity index (χ1) is 9.72. The molecule has 7 nitrogen and oxygen atoms in total.